The molecule has 0 aromatic carbocycles. The molecule has 2 atom stereocenters. The maximum Gasteiger partial charge on any atom is 0.373 e. The molecule has 0 aliphatic heterocycles. The topological polar surface area (TPSA) is 76.7 Å². The fourth-order valence-corrected chi connectivity index (χ4v) is 2.36. The van der Waals surface area contributed by atoms with Crippen LogP contribution in [0.1, 0.15) is 36.1 Å². The minimum atomic E-state index is -0.837. The Morgan fingerprint density at radius 1 is 1.41 bits per heavy atom. The molecule has 1 aromatic heterocycles. The maximum absolute atomic E-state index is 11.2. The van der Waals surface area contributed by atoms with Crippen molar-refractivity contribution in [2.75, 3.05) is 7.11 Å². The summed E-state index contributed by atoms with van der Waals surface area (Å²) in [7, 11) is 1.27. The van der Waals surface area contributed by atoms with Gasteiger partial charge in [0.15, 0.2) is 0 Å². The normalized spacial score (nSPS) is 25.4. The van der Waals surface area contributed by atoms with Crippen molar-refractivity contribution < 1.29 is 23.8 Å². The Kier molecular flexibility index (Phi) is 2.49. The number of carboxylic acid groups (broad SMARTS) is 1. The summed E-state index contributed by atoms with van der Waals surface area (Å²) in [6.45, 7) is 3.74. The van der Waals surface area contributed by atoms with Crippen LogP contribution in [0, 0.1) is 11.3 Å². The van der Waals surface area contributed by atoms with E-state index in [2.05, 4.69) is 4.74 Å². The lowest BCUT2D eigenvalue weighted by atomic mass is 10.1. The van der Waals surface area contributed by atoms with Crippen molar-refractivity contribution in [3.05, 3.63) is 23.7 Å². The van der Waals surface area contributed by atoms with E-state index in [0.717, 1.165) is 0 Å². The lowest BCUT2D eigenvalue weighted by Crippen LogP contribution is -2.03. The van der Waals surface area contributed by atoms with E-state index in [1.165, 1.54) is 13.2 Å². The third-order valence-corrected chi connectivity index (χ3v) is 3.41. The van der Waals surface area contributed by atoms with E-state index in [-0.39, 0.29) is 17.1 Å². The maximum atomic E-state index is 11.2. The molecule has 0 spiro atoms. The number of carbonyl (C=O) groups excluding carboxylic acids is 1. The van der Waals surface area contributed by atoms with Crippen LogP contribution in [0.4, 0.5) is 0 Å². The van der Waals surface area contributed by atoms with Crippen LogP contribution in [0.15, 0.2) is 16.5 Å². The quantitative estimate of drug-likeness (QED) is 0.813. The standard InChI is InChI=1S/C12H14O5/c1-12(2)8(9(12)10(13)14)6-4-5-7(17-6)11(15)16-3/h4-5,8-9H,1-3H3,(H,13,14)/t8-,9+/m1/s1. The third kappa shape index (κ3) is 1.71. The molecule has 1 saturated carbocycles. The second-order valence-electron chi connectivity index (χ2n) is 4.81. The van der Waals surface area contributed by atoms with E-state index >= 15 is 0 Å². The van der Waals surface area contributed by atoms with Gasteiger partial charge in [-0.15, -0.1) is 0 Å². The third-order valence-electron chi connectivity index (χ3n) is 3.41. The smallest absolute Gasteiger partial charge is 0.373 e. The fourth-order valence-electron chi connectivity index (χ4n) is 2.36. The molecule has 1 aliphatic carbocycles. The first kappa shape index (κ1) is 11.7. The van der Waals surface area contributed by atoms with Crippen LogP contribution >= 0.6 is 0 Å². The van der Waals surface area contributed by atoms with Gasteiger partial charge in [0.2, 0.25) is 5.76 Å². The Morgan fingerprint density at radius 2 is 2.06 bits per heavy atom. The molecule has 5 nitrogen and oxygen atoms in total. The first-order valence-electron chi connectivity index (χ1n) is 5.30. The number of methoxy groups -OCH3 is 1. The summed E-state index contributed by atoms with van der Waals surface area (Å²) < 4.78 is 9.87. The number of esters is 1. The average Bonchev–Trinajstić information content (AvgIpc) is 2.64. The van der Waals surface area contributed by atoms with E-state index in [4.69, 9.17) is 9.52 Å². The second-order valence-corrected chi connectivity index (χ2v) is 4.81. The Bertz CT molecular complexity index is 471. The summed E-state index contributed by atoms with van der Waals surface area (Å²) in [6, 6.07) is 3.15. The predicted octanol–water partition coefficient (Wildman–Crippen LogP) is 1.89. The van der Waals surface area contributed by atoms with Crippen molar-refractivity contribution in [3.8, 4) is 0 Å². The van der Waals surface area contributed by atoms with Crippen molar-refractivity contribution in [1.29, 1.82) is 0 Å². The SMILES string of the molecule is COC(=O)c1ccc([C@@H]2[C@@H](C(=O)O)C2(C)C)o1. The largest absolute Gasteiger partial charge is 0.481 e. The van der Waals surface area contributed by atoms with Crippen LogP contribution in [-0.2, 0) is 9.53 Å². The van der Waals surface area contributed by atoms with Gasteiger partial charge in [0, 0.05) is 5.92 Å². The molecule has 0 amide bonds. The van der Waals surface area contributed by atoms with Gasteiger partial charge in [-0.3, -0.25) is 4.79 Å². The lowest BCUT2D eigenvalue weighted by molar-refractivity contribution is -0.139. The number of rotatable bonds is 3. The molecule has 1 heterocycles. The Hall–Kier alpha value is -1.78. The molecule has 1 N–H and O–H groups in total. The highest BCUT2D eigenvalue weighted by Crippen LogP contribution is 2.64. The number of hydrogen-bond donors (Lipinski definition) is 1. The van der Waals surface area contributed by atoms with Crippen LogP contribution in [-0.4, -0.2) is 24.2 Å². The van der Waals surface area contributed by atoms with Crippen molar-refractivity contribution in [2.24, 2.45) is 11.3 Å². The monoisotopic (exact) mass is 238 g/mol. The van der Waals surface area contributed by atoms with Gasteiger partial charge in [0.1, 0.15) is 5.76 Å². The summed E-state index contributed by atoms with van der Waals surface area (Å²) in [5.74, 6) is -1.40. The van der Waals surface area contributed by atoms with Gasteiger partial charge in [-0.25, -0.2) is 4.79 Å². The molecule has 1 aliphatic rings. The molecule has 0 saturated heterocycles. The van der Waals surface area contributed by atoms with Gasteiger partial charge in [0.05, 0.1) is 13.0 Å². The van der Waals surface area contributed by atoms with Crippen LogP contribution in [0.2, 0.25) is 0 Å². The first-order valence-corrected chi connectivity index (χ1v) is 5.30. The summed E-state index contributed by atoms with van der Waals surface area (Å²) in [5, 5.41) is 9.05. The van der Waals surface area contributed by atoms with Crippen molar-refractivity contribution in [1.82, 2.24) is 0 Å². The number of furan rings is 1. The van der Waals surface area contributed by atoms with Crippen LogP contribution in [0.3, 0.4) is 0 Å². The number of ether oxygens (including phenoxy) is 1. The highest BCUT2D eigenvalue weighted by atomic mass is 16.5. The fraction of sp³-hybridized carbons (Fsp3) is 0.500. The lowest BCUT2D eigenvalue weighted by Gasteiger charge is -1.98. The number of hydrogen-bond acceptors (Lipinski definition) is 4. The van der Waals surface area contributed by atoms with E-state index in [9.17, 15) is 9.59 Å². The van der Waals surface area contributed by atoms with E-state index in [0.29, 0.717) is 5.76 Å². The van der Waals surface area contributed by atoms with Crippen LogP contribution in [0.5, 0.6) is 0 Å². The van der Waals surface area contributed by atoms with E-state index in [1.807, 2.05) is 13.8 Å². The number of carbonyl (C=O) groups is 2. The molecule has 1 fully saturated rings. The Morgan fingerprint density at radius 3 is 2.53 bits per heavy atom. The molecule has 0 unspecified atom stereocenters. The summed E-state index contributed by atoms with van der Waals surface area (Å²) in [4.78, 5) is 22.2. The molecule has 92 valence electrons. The minimum Gasteiger partial charge on any atom is -0.481 e. The zero-order chi connectivity index (χ0) is 12.8. The number of carboxylic acids is 1. The molecule has 0 radical (unpaired) electrons. The Balaban J connectivity index is 2.23. The predicted molar refractivity (Wildman–Crippen MR) is 57.7 cm³/mol. The zero-order valence-electron chi connectivity index (χ0n) is 9.89. The van der Waals surface area contributed by atoms with Gasteiger partial charge >= 0.3 is 11.9 Å². The highest BCUT2D eigenvalue weighted by molar-refractivity contribution is 5.86. The molecule has 1 aromatic rings. The van der Waals surface area contributed by atoms with Gasteiger partial charge in [-0.05, 0) is 17.5 Å². The van der Waals surface area contributed by atoms with Crippen LogP contribution < -0.4 is 0 Å². The van der Waals surface area contributed by atoms with Gasteiger partial charge in [0.25, 0.3) is 0 Å². The highest BCUT2D eigenvalue weighted by Gasteiger charge is 2.64. The minimum absolute atomic E-state index is 0.106. The van der Waals surface area contributed by atoms with Gasteiger partial charge in [-0.1, -0.05) is 13.8 Å². The molecule has 5 heteroatoms. The van der Waals surface area contributed by atoms with E-state index in [1.54, 1.807) is 6.07 Å². The van der Waals surface area contributed by atoms with Crippen LogP contribution in [0.25, 0.3) is 0 Å². The average molecular weight is 238 g/mol. The molecule has 0 bridgehead atoms. The first-order chi connectivity index (χ1) is 7.89. The Labute approximate surface area is 98.4 Å². The van der Waals surface area contributed by atoms with Gasteiger partial charge in [-0.2, -0.15) is 0 Å². The van der Waals surface area contributed by atoms with Crippen molar-refractivity contribution >= 4 is 11.9 Å². The molecule has 2 rings (SSSR count). The summed E-state index contributed by atoms with van der Waals surface area (Å²) in [6.07, 6.45) is 0. The second kappa shape index (κ2) is 3.61. The molecule has 17 heavy (non-hydrogen) atoms. The number of aliphatic carboxylic acids is 1. The zero-order valence-corrected chi connectivity index (χ0v) is 9.89. The van der Waals surface area contributed by atoms with Gasteiger partial charge < -0.3 is 14.3 Å². The molecular formula is C12H14O5. The van der Waals surface area contributed by atoms with Crippen molar-refractivity contribution in [3.63, 3.8) is 0 Å². The van der Waals surface area contributed by atoms with Crippen molar-refractivity contribution in [2.45, 2.75) is 19.8 Å². The summed E-state index contributed by atoms with van der Waals surface area (Å²) >= 11 is 0. The van der Waals surface area contributed by atoms with E-state index < -0.39 is 17.9 Å². The summed E-state index contributed by atoms with van der Waals surface area (Å²) in [5.41, 5.74) is -0.336. The molecular weight excluding hydrogens is 224 g/mol.